The van der Waals surface area contributed by atoms with Crippen LogP contribution in [0.2, 0.25) is 0 Å². The molecule has 0 unspecified atom stereocenters. The molecule has 0 bridgehead atoms. The summed E-state index contributed by atoms with van der Waals surface area (Å²) in [7, 11) is 1.82. The quantitative estimate of drug-likeness (QED) is 0.686. The molecule has 4 nitrogen and oxygen atoms in total. The highest BCUT2D eigenvalue weighted by molar-refractivity contribution is 5.99. The van der Waals surface area contributed by atoms with E-state index in [-0.39, 0.29) is 5.91 Å². The normalized spacial score (nSPS) is 13.8. The van der Waals surface area contributed by atoms with E-state index in [2.05, 4.69) is 16.0 Å². The summed E-state index contributed by atoms with van der Waals surface area (Å²) < 4.78 is 0. The van der Waals surface area contributed by atoms with Crippen LogP contribution in [0.4, 0.5) is 0 Å². The van der Waals surface area contributed by atoms with Gasteiger partial charge in [-0.05, 0) is 29.3 Å². The van der Waals surface area contributed by atoms with Crippen molar-refractivity contribution in [3.8, 4) is 11.1 Å². The third-order valence-electron chi connectivity index (χ3n) is 3.91. The summed E-state index contributed by atoms with van der Waals surface area (Å²) >= 11 is 0. The number of hydrogen-bond donors (Lipinski definition) is 0. The van der Waals surface area contributed by atoms with Gasteiger partial charge in [0, 0.05) is 48.7 Å². The van der Waals surface area contributed by atoms with E-state index in [0.717, 1.165) is 33.2 Å². The van der Waals surface area contributed by atoms with Crippen molar-refractivity contribution in [3.63, 3.8) is 0 Å². The first-order valence-corrected chi connectivity index (χ1v) is 6.81. The summed E-state index contributed by atoms with van der Waals surface area (Å²) in [6.07, 6.45) is 5.38. The van der Waals surface area contributed by atoms with E-state index < -0.39 is 0 Å². The van der Waals surface area contributed by atoms with E-state index in [0.29, 0.717) is 6.54 Å². The van der Waals surface area contributed by atoms with Gasteiger partial charge in [-0.1, -0.05) is 12.1 Å². The van der Waals surface area contributed by atoms with Gasteiger partial charge in [0.2, 0.25) is 0 Å². The maximum absolute atomic E-state index is 12.1. The van der Waals surface area contributed by atoms with Crippen LogP contribution in [0.15, 0.2) is 48.9 Å². The molecule has 3 heterocycles. The lowest BCUT2D eigenvalue weighted by atomic mass is 10.0. The molecule has 102 valence electrons. The van der Waals surface area contributed by atoms with Gasteiger partial charge in [-0.15, -0.1) is 0 Å². The van der Waals surface area contributed by atoms with Gasteiger partial charge in [-0.2, -0.15) is 0 Å². The number of rotatable bonds is 1. The van der Waals surface area contributed by atoms with Gasteiger partial charge >= 0.3 is 0 Å². The van der Waals surface area contributed by atoms with Crippen molar-refractivity contribution in [2.45, 2.75) is 6.54 Å². The smallest absolute Gasteiger partial charge is 0.254 e. The lowest BCUT2D eigenvalue weighted by Gasteiger charge is -2.05. The van der Waals surface area contributed by atoms with Gasteiger partial charge in [0.25, 0.3) is 5.91 Å². The monoisotopic (exact) mass is 275 g/mol. The molecule has 4 heteroatoms. The molecule has 0 fully saturated rings. The maximum Gasteiger partial charge on any atom is 0.254 e. The summed E-state index contributed by atoms with van der Waals surface area (Å²) in [6, 6.07) is 9.98. The molecule has 2 aromatic heterocycles. The summed E-state index contributed by atoms with van der Waals surface area (Å²) in [5.74, 6) is 0.0854. The molecule has 1 amide bonds. The summed E-state index contributed by atoms with van der Waals surface area (Å²) in [4.78, 5) is 22.4. The Morgan fingerprint density at radius 3 is 2.90 bits per heavy atom. The molecular formula is C17H13N3O. The number of pyridine rings is 2. The highest BCUT2D eigenvalue weighted by atomic mass is 16.2. The van der Waals surface area contributed by atoms with Crippen molar-refractivity contribution < 1.29 is 4.79 Å². The molecule has 0 aliphatic carbocycles. The Hall–Kier alpha value is -2.75. The highest BCUT2D eigenvalue weighted by Gasteiger charge is 2.24. The molecule has 4 rings (SSSR count). The summed E-state index contributed by atoms with van der Waals surface area (Å²) in [5.41, 5.74) is 4.81. The van der Waals surface area contributed by atoms with Crippen molar-refractivity contribution in [1.29, 1.82) is 0 Å². The number of benzene rings is 1. The predicted octanol–water partition coefficient (Wildman–Crippen LogP) is 2.88. The van der Waals surface area contributed by atoms with Crippen molar-refractivity contribution in [2.75, 3.05) is 7.05 Å². The van der Waals surface area contributed by atoms with E-state index in [1.54, 1.807) is 17.3 Å². The first kappa shape index (κ1) is 12.0. The highest BCUT2D eigenvalue weighted by Crippen LogP contribution is 2.28. The Balaban J connectivity index is 1.84. The van der Waals surface area contributed by atoms with Crippen molar-refractivity contribution in [3.05, 3.63) is 60.0 Å². The van der Waals surface area contributed by atoms with Crippen LogP contribution in [0, 0.1) is 0 Å². The zero-order chi connectivity index (χ0) is 14.4. The topological polar surface area (TPSA) is 46.1 Å². The van der Waals surface area contributed by atoms with E-state index in [1.165, 1.54) is 0 Å². The number of aromatic nitrogens is 2. The van der Waals surface area contributed by atoms with E-state index in [4.69, 9.17) is 0 Å². The zero-order valence-electron chi connectivity index (χ0n) is 11.6. The molecule has 21 heavy (non-hydrogen) atoms. The molecular weight excluding hydrogens is 262 g/mol. The zero-order valence-corrected chi connectivity index (χ0v) is 11.6. The first-order valence-electron chi connectivity index (χ1n) is 6.81. The van der Waals surface area contributed by atoms with E-state index in [9.17, 15) is 4.79 Å². The first-order chi connectivity index (χ1) is 10.2. The maximum atomic E-state index is 12.1. The van der Waals surface area contributed by atoms with Gasteiger partial charge in [-0.25, -0.2) is 0 Å². The van der Waals surface area contributed by atoms with Gasteiger partial charge in [0.05, 0.1) is 5.52 Å². The summed E-state index contributed by atoms with van der Waals surface area (Å²) in [6.45, 7) is 0.689. The second-order valence-electron chi connectivity index (χ2n) is 5.33. The SMILES string of the molecule is CN1Cc2ccc(-c3cnc4ccncc4c3)cc2C1=O. The molecule has 0 atom stereocenters. The van der Waals surface area contributed by atoms with Crippen LogP contribution in [0.25, 0.3) is 22.0 Å². The van der Waals surface area contributed by atoms with E-state index >= 15 is 0 Å². The Bertz CT molecular complexity index is 873. The molecule has 0 saturated carbocycles. The second kappa shape index (κ2) is 4.38. The van der Waals surface area contributed by atoms with Crippen LogP contribution in [0.3, 0.4) is 0 Å². The van der Waals surface area contributed by atoms with Crippen LogP contribution in [-0.2, 0) is 6.54 Å². The van der Waals surface area contributed by atoms with Gasteiger partial charge < -0.3 is 4.90 Å². The Kier molecular flexibility index (Phi) is 2.51. The minimum atomic E-state index is 0.0854. The molecule has 0 N–H and O–H groups in total. The number of carbonyl (C=O) groups excluding carboxylic acids is 1. The minimum Gasteiger partial charge on any atom is -0.337 e. The number of amides is 1. The fourth-order valence-electron chi connectivity index (χ4n) is 2.76. The molecule has 0 radical (unpaired) electrons. The minimum absolute atomic E-state index is 0.0854. The number of fused-ring (bicyclic) bond motifs is 2. The number of hydrogen-bond acceptors (Lipinski definition) is 3. The van der Waals surface area contributed by atoms with Crippen LogP contribution >= 0.6 is 0 Å². The van der Waals surface area contributed by atoms with Gasteiger partial charge in [0.15, 0.2) is 0 Å². The van der Waals surface area contributed by atoms with E-state index in [1.807, 2.05) is 37.5 Å². The Morgan fingerprint density at radius 1 is 1.10 bits per heavy atom. The van der Waals surface area contributed by atoms with Crippen molar-refractivity contribution in [1.82, 2.24) is 14.9 Å². The lowest BCUT2D eigenvalue weighted by Crippen LogP contribution is -2.17. The lowest BCUT2D eigenvalue weighted by molar-refractivity contribution is 0.0816. The molecule has 3 aromatic rings. The second-order valence-corrected chi connectivity index (χ2v) is 5.33. The van der Waals surface area contributed by atoms with Crippen LogP contribution < -0.4 is 0 Å². The average molecular weight is 275 g/mol. The standard InChI is InChI=1S/C17H13N3O/c1-20-10-12-3-2-11(7-15(12)17(20)21)13-6-14-8-18-5-4-16(14)19-9-13/h2-9H,10H2,1H3. The third-order valence-corrected chi connectivity index (χ3v) is 3.91. The Labute approximate surface area is 122 Å². The molecule has 1 aliphatic heterocycles. The fraction of sp³-hybridized carbons (Fsp3) is 0.118. The van der Waals surface area contributed by atoms with Gasteiger partial charge in [-0.3, -0.25) is 14.8 Å². The van der Waals surface area contributed by atoms with Gasteiger partial charge in [0.1, 0.15) is 0 Å². The van der Waals surface area contributed by atoms with Crippen LogP contribution in [0.1, 0.15) is 15.9 Å². The van der Waals surface area contributed by atoms with Crippen LogP contribution in [0.5, 0.6) is 0 Å². The van der Waals surface area contributed by atoms with Crippen LogP contribution in [-0.4, -0.2) is 27.8 Å². The number of nitrogens with zero attached hydrogens (tertiary/aromatic N) is 3. The molecule has 0 saturated heterocycles. The largest absolute Gasteiger partial charge is 0.337 e. The number of carbonyl (C=O) groups is 1. The molecule has 1 aromatic carbocycles. The molecule has 0 spiro atoms. The predicted molar refractivity (Wildman–Crippen MR) is 80.8 cm³/mol. The molecule has 1 aliphatic rings. The average Bonchev–Trinajstić information content (AvgIpc) is 2.81. The third kappa shape index (κ3) is 1.88. The fourth-order valence-corrected chi connectivity index (χ4v) is 2.76. The van der Waals surface area contributed by atoms with Crippen molar-refractivity contribution in [2.24, 2.45) is 0 Å². The van der Waals surface area contributed by atoms with Crippen molar-refractivity contribution >= 4 is 16.8 Å². The summed E-state index contributed by atoms with van der Waals surface area (Å²) in [5, 5.41) is 0.999. The Morgan fingerprint density at radius 2 is 2.00 bits per heavy atom.